The van der Waals surface area contributed by atoms with Crippen LogP contribution in [0.15, 0.2) is 53.4 Å². The minimum absolute atomic E-state index is 0.335. The Bertz CT molecular complexity index is 1440. The molecule has 0 aliphatic heterocycles. The number of fused-ring (bicyclic) bond motifs is 1. The van der Waals surface area contributed by atoms with Gasteiger partial charge < -0.3 is 15.7 Å². The molecule has 2 saturated carbocycles. The van der Waals surface area contributed by atoms with E-state index in [1.807, 2.05) is 37.3 Å². The number of nitrogens with one attached hydrogen (secondary N) is 3. The number of nitrogens with zero attached hydrogens (tertiary/aromatic N) is 2. The highest BCUT2D eigenvalue weighted by atomic mass is 32.2. The summed E-state index contributed by atoms with van der Waals surface area (Å²) in [7, 11) is -3.45. The Labute approximate surface area is 237 Å². The van der Waals surface area contributed by atoms with Gasteiger partial charge in [0.1, 0.15) is 5.82 Å². The number of carboxylic acid groups (broad SMARTS) is 1. The molecule has 9 nitrogen and oxygen atoms in total. The van der Waals surface area contributed by atoms with Gasteiger partial charge in [0.15, 0.2) is 0 Å². The number of carbonyl (C=O) groups is 1. The summed E-state index contributed by atoms with van der Waals surface area (Å²) in [5.74, 6) is -0.245. The van der Waals surface area contributed by atoms with Crippen LogP contribution < -0.4 is 15.4 Å². The molecule has 0 amide bonds. The average molecular weight is 594 g/mol. The molecule has 0 spiro atoms. The van der Waals surface area contributed by atoms with Crippen LogP contribution in [0.5, 0.6) is 0 Å². The molecule has 222 valence electrons. The molecule has 5 rings (SSSR count). The summed E-state index contributed by atoms with van der Waals surface area (Å²) >= 11 is 0. The first-order valence-corrected chi connectivity index (χ1v) is 15.0. The Morgan fingerprint density at radius 1 is 0.927 bits per heavy atom. The number of hydrogen-bond donors (Lipinski definition) is 4. The van der Waals surface area contributed by atoms with E-state index < -0.39 is 22.2 Å². The van der Waals surface area contributed by atoms with Gasteiger partial charge in [-0.3, -0.25) is 0 Å². The van der Waals surface area contributed by atoms with Crippen molar-refractivity contribution in [2.24, 2.45) is 11.8 Å². The maximum atomic E-state index is 12.6. The smallest absolute Gasteiger partial charge is 0.475 e. The van der Waals surface area contributed by atoms with E-state index in [1.54, 1.807) is 12.1 Å². The fourth-order valence-corrected chi connectivity index (χ4v) is 5.71. The maximum Gasteiger partial charge on any atom is 0.490 e. The molecular formula is C28H34F3N5O4S. The van der Waals surface area contributed by atoms with Crippen molar-refractivity contribution in [3.63, 3.8) is 0 Å². The van der Waals surface area contributed by atoms with Crippen molar-refractivity contribution in [3.8, 4) is 0 Å². The minimum atomic E-state index is -5.08. The predicted molar refractivity (Wildman–Crippen MR) is 150 cm³/mol. The SMILES string of the molecule is Cc1ccc(S(=O)(=O)NCC2CCC(CNc3nc(NC4CC4)c4ccccc4n3)CC2)cc1.O=C(O)C(F)(F)F. The lowest BCUT2D eigenvalue weighted by molar-refractivity contribution is -0.192. The number of aryl methyl sites for hydroxylation is 1. The fraction of sp³-hybridized carbons (Fsp3) is 0.464. The lowest BCUT2D eigenvalue weighted by Gasteiger charge is -2.28. The molecule has 0 bridgehead atoms. The molecular weight excluding hydrogens is 559 g/mol. The quantitative estimate of drug-likeness (QED) is 0.261. The third-order valence-electron chi connectivity index (χ3n) is 7.17. The van der Waals surface area contributed by atoms with Gasteiger partial charge in [0.05, 0.1) is 10.4 Å². The second kappa shape index (κ2) is 13.0. The third kappa shape index (κ3) is 9.02. The van der Waals surface area contributed by atoms with Crippen molar-refractivity contribution < 1.29 is 31.5 Å². The molecule has 4 N–H and O–H groups in total. The van der Waals surface area contributed by atoms with Crippen LogP contribution in [0.25, 0.3) is 10.9 Å². The van der Waals surface area contributed by atoms with Crippen molar-refractivity contribution >= 4 is 38.7 Å². The molecule has 41 heavy (non-hydrogen) atoms. The first-order chi connectivity index (χ1) is 19.4. The van der Waals surface area contributed by atoms with Crippen LogP contribution in [0, 0.1) is 18.8 Å². The summed E-state index contributed by atoms with van der Waals surface area (Å²) in [5.41, 5.74) is 2.00. The van der Waals surface area contributed by atoms with Gasteiger partial charge in [0, 0.05) is 24.5 Å². The van der Waals surface area contributed by atoms with Crippen LogP contribution in [0.3, 0.4) is 0 Å². The number of halogens is 3. The number of rotatable bonds is 9. The van der Waals surface area contributed by atoms with Crippen LogP contribution in [0.2, 0.25) is 0 Å². The van der Waals surface area contributed by atoms with Gasteiger partial charge in [0.25, 0.3) is 0 Å². The number of para-hydroxylation sites is 1. The van der Waals surface area contributed by atoms with Gasteiger partial charge in [-0.15, -0.1) is 0 Å². The monoisotopic (exact) mass is 593 g/mol. The minimum Gasteiger partial charge on any atom is -0.475 e. The number of alkyl halides is 3. The first kappa shape index (κ1) is 30.5. The van der Waals surface area contributed by atoms with E-state index in [4.69, 9.17) is 19.9 Å². The van der Waals surface area contributed by atoms with Crippen molar-refractivity contribution in [1.29, 1.82) is 0 Å². The number of anilines is 2. The highest BCUT2D eigenvalue weighted by Gasteiger charge is 2.38. The van der Waals surface area contributed by atoms with E-state index >= 15 is 0 Å². The molecule has 1 heterocycles. The summed E-state index contributed by atoms with van der Waals surface area (Å²) in [5, 5.41) is 15.2. The normalized spacial score (nSPS) is 19.2. The molecule has 2 aliphatic rings. The zero-order valence-electron chi connectivity index (χ0n) is 22.6. The predicted octanol–water partition coefficient (Wildman–Crippen LogP) is 5.34. The number of carboxylic acids is 1. The lowest BCUT2D eigenvalue weighted by Crippen LogP contribution is -2.32. The second-order valence-corrected chi connectivity index (χ2v) is 12.3. The van der Waals surface area contributed by atoms with Gasteiger partial charge in [-0.1, -0.05) is 29.8 Å². The Morgan fingerprint density at radius 3 is 2.10 bits per heavy atom. The molecule has 0 atom stereocenters. The number of sulfonamides is 1. The van der Waals surface area contributed by atoms with E-state index in [1.165, 1.54) is 12.8 Å². The van der Waals surface area contributed by atoms with Crippen molar-refractivity contribution in [3.05, 3.63) is 54.1 Å². The molecule has 2 aromatic carbocycles. The first-order valence-electron chi connectivity index (χ1n) is 13.5. The Morgan fingerprint density at radius 2 is 1.51 bits per heavy atom. The largest absolute Gasteiger partial charge is 0.490 e. The van der Waals surface area contributed by atoms with Crippen LogP contribution in [-0.4, -0.2) is 54.8 Å². The Kier molecular flexibility index (Phi) is 9.69. The Balaban J connectivity index is 0.000000493. The molecule has 3 aromatic rings. The van der Waals surface area contributed by atoms with E-state index in [0.717, 1.165) is 54.5 Å². The van der Waals surface area contributed by atoms with Gasteiger partial charge in [0.2, 0.25) is 16.0 Å². The van der Waals surface area contributed by atoms with E-state index in [9.17, 15) is 21.6 Å². The van der Waals surface area contributed by atoms with Crippen LogP contribution >= 0.6 is 0 Å². The average Bonchev–Trinajstić information content (AvgIpc) is 3.75. The molecule has 2 fully saturated rings. The summed E-state index contributed by atoms with van der Waals surface area (Å²) in [6, 6.07) is 15.7. The molecule has 0 saturated heterocycles. The highest BCUT2D eigenvalue weighted by molar-refractivity contribution is 7.89. The summed E-state index contributed by atoms with van der Waals surface area (Å²) in [6.45, 7) is 3.29. The second-order valence-electron chi connectivity index (χ2n) is 10.6. The number of benzene rings is 2. The van der Waals surface area contributed by atoms with E-state index in [-0.39, 0.29) is 0 Å². The Hall–Kier alpha value is -3.45. The van der Waals surface area contributed by atoms with Crippen LogP contribution in [0.4, 0.5) is 24.9 Å². The van der Waals surface area contributed by atoms with Gasteiger partial charge >= 0.3 is 12.1 Å². The summed E-state index contributed by atoms with van der Waals surface area (Å²) < 4.78 is 59.7. The zero-order valence-corrected chi connectivity index (χ0v) is 23.4. The number of aliphatic carboxylic acids is 1. The van der Waals surface area contributed by atoms with Gasteiger partial charge in [-0.2, -0.15) is 18.2 Å². The molecule has 0 radical (unpaired) electrons. The van der Waals surface area contributed by atoms with Crippen molar-refractivity contribution in [1.82, 2.24) is 14.7 Å². The highest BCUT2D eigenvalue weighted by Crippen LogP contribution is 2.31. The fourth-order valence-electron chi connectivity index (χ4n) is 4.59. The third-order valence-corrected chi connectivity index (χ3v) is 8.61. The van der Waals surface area contributed by atoms with Crippen molar-refractivity contribution in [2.45, 2.75) is 62.6 Å². The van der Waals surface area contributed by atoms with Crippen molar-refractivity contribution in [2.75, 3.05) is 23.7 Å². The molecule has 2 aliphatic carbocycles. The van der Waals surface area contributed by atoms with Gasteiger partial charge in [-0.05, 0) is 81.5 Å². The van der Waals surface area contributed by atoms with E-state index in [2.05, 4.69) is 21.4 Å². The summed E-state index contributed by atoms with van der Waals surface area (Å²) in [4.78, 5) is 18.7. The molecule has 0 unspecified atom stereocenters. The van der Waals surface area contributed by atoms with Gasteiger partial charge in [-0.25, -0.2) is 22.9 Å². The summed E-state index contributed by atoms with van der Waals surface area (Å²) in [6.07, 6.45) is 1.51. The zero-order chi connectivity index (χ0) is 29.6. The topological polar surface area (TPSA) is 133 Å². The van der Waals surface area contributed by atoms with Crippen LogP contribution in [0.1, 0.15) is 44.1 Å². The molecule has 1 aromatic heterocycles. The van der Waals surface area contributed by atoms with E-state index in [0.29, 0.717) is 35.3 Å². The van der Waals surface area contributed by atoms with Crippen LogP contribution in [-0.2, 0) is 14.8 Å². The number of aromatic nitrogens is 2. The molecule has 13 heteroatoms. The lowest BCUT2D eigenvalue weighted by atomic mass is 9.82. The maximum absolute atomic E-state index is 12.6. The number of hydrogen-bond acceptors (Lipinski definition) is 7. The standard InChI is InChI=1S/C26H33N5O2S.C2HF3O2/c1-18-6-14-22(15-7-18)34(32,33)28-17-20-10-8-19(9-11-20)16-27-26-30-24-5-3-2-4-23(24)25(31-26)29-21-12-13-21;3-2(4,5)1(6)7/h2-7,14-15,19-21,28H,8-13,16-17H2,1H3,(H2,27,29,30,31);(H,6,7).